The summed E-state index contributed by atoms with van der Waals surface area (Å²) in [6.45, 7) is 2.57. The predicted molar refractivity (Wildman–Crippen MR) is 105 cm³/mol. The van der Waals surface area contributed by atoms with E-state index in [1.165, 1.54) is 4.90 Å². The van der Waals surface area contributed by atoms with Crippen molar-refractivity contribution in [1.82, 2.24) is 14.9 Å². The van der Waals surface area contributed by atoms with E-state index in [1.54, 1.807) is 22.7 Å². The molecule has 0 spiro atoms. The van der Waals surface area contributed by atoms with Crippen molar-refractivity contribution in [2.75, 3.05) is 12.9 Å². The van der Waals surface area contributed by atoms with E-state index in [4.69, 9.17) is 17.0 Å². The summed E-state index contributed by atoms with van der Waals surface area (Å²) >= 11 is 7.02. The third-order valence-corrected chi connectivity index (χ3v) is 4.50. The van der Waals surface area contributed by atoms with Crippen molar-refractivity contribution in [2.45, 2.75) is 11.8 Å². The normalized spacial score (nSPS) is 11.1. The Kier molecular flexibility index (Phi) is 5.67. The molecule has 0 saturated carbocycles. The molecule has 0 amide bonds. The first-order chi connectivity index (χ1) is 12.2. The van der Waals surface area contributed by atoms with Crippen LogP contribution in [-0.4, -0.2) is 34.0 Å². The number of H-pyrrole nitrogens is 1. The predicted octanol–water partition coefficient (Wildman–Crippen LogP) is 4.61. The Morgan fingerprint density at radius 1 is 1.28 bits per heavy atom. The van der Waals surface area contributed by atoms with E-state index in [-0.39, 0.29) is 0 Å². The second kappa shape index (κ2) is 8.13. The average molecular weight is 371 g/mol. The van der Waals surface area contributed by atoms with Gasteiger partial charge in [-0.15, -0.1) is 11.8 Å². The van der Waals surface area contributed by atoms with Crippen LogP contribution in [0.15, 0.2) is 58.5 Å². The lowest BCUT2D eigenvalue weighted by molar-refractivity contribution is 0.340. The lowest BCUT2D eigenvalue weighted by atomic mass is 10.2. The van der Waals surface area contributed by atoms with E-state index < -0.39 is 0 Å². The van der Waals surface area contributed by atoms with Crippen LogP contribution in [0.25, 0.3) is 11.4 Å². The number of rotatable bonds is 6. The minimum atomic E-state index is 0.439. The number of thioether (sulfide) groups is 1. The van der Waals surface area contributed by atoms with Gasteiger partial charge in [0.05, 0.1) is 12.8 Å². The fraction of sp³-hybridized carbons (Fsp3) is 0.167. The quantitative estimate of drug-likeness (QED) is 0.391. The number of benzene rings is 2. The Balaban J connectivity index is 1.92. The van der Waals surface area contributed by atoms with Gasteiger partial charge in [0.1, 0.15) is 5.75 Å². The van der Waals surface area contributed by atoms with E-state index in [2.05, 4.69) is 33.7 Å². The number of aromatic nitrogens is 3. The number of nitrogens with one attached hydrogen (secondary N) is 1. The van der Waals surface area contributed by atoms with Gasteiger partial charge in [0, 0.05) is 10.5 Å². The van der Waals surface area contributed by atoms with Crippen LogP contribution in [0, 0.1) is 4.77 Å². The third-order valence-electron chi connectivity index (χ3n) is 3.49. The number of nitrogens with zero attached hydrogens (tertiary/aromatic N) is 3. The van der Waals surface area contributed by atoms with E-state index in [9.17, 15) is 0 Å². The van der Waals surface area contributed by atoms with Gasteiger partial charge in [-0.2, -0.15) is 14.9 Å². The Hall–Kier alpha value is -2.38. The Labute approximate surface area is 155 Å². The van der Waals surface area contributed by atoms with Gasteiger partial charge in [-0.1, -0.05) is 24.3 Å². The fourth-order valence-corrected chi connectivity index (χ4v) is 2.88. The van der Waals surface area contributed by atoms with Crippen molar-refractivity contribution in [1.29, 1.82) is 0 Å². The molecule has 0 saturated heterocycles. The molecule has 0 radical (unpaired) electrons. The Morgan fingerprint density at radius 3 is 2.80 bits per heavy atom. The molecule has 5 nitrogen and oxygen atoms in total. The molecule has 0 fully saturated rings. The second-order valence-corrected chi connectivity index (χ2v) is 6.41. The highest BCUT2D eigenvalue weighted by atomic mass is 32.2. The molecular weight excluding hydrogens is 352 g/mol. The summed E-state index contributed by atoms with van der Waals surface area (Å²) in [6, 6.07) is 15.9. The van der Waals surface area contributed by atoms with Crippen molar-refractivity contribution in [3.05, 3.63) is 58.9 Å². The van der Waals surface area contributed by atoms with Crippen molar-refractivity contribution in [3.8, 4) is 17.1 Å². The minimum absolute atomic E-state index is 0.439. The summed E-state index contributed by atoms with van der Waals surface area (Å²) in [5, 5.41) is 11.6. The van der Waals surface area contributed by atoms with Crippen LogP contribution in [0.2, 0.25) is 0 Å². The average Bonchev–Trinajstić information content (AvgIpc) is 3.01. The molecule has 25 heavy (non-hydrogen) atoms. The van der Waals surface area contributed by atoms with Crippen LogP contribution in [0.5, 0.6) is 5.75 Å². The molecule has 7 heteroatoms. The van der Waals surface area contributed by atoms with Gasteiger partial charge in [-0.05, 0) is 55.2 Å². The molecule has 1 N–H and O–H groups in total. The zero-order chi connectivity index (χ0) is 17.6. The lowest BCUT2D eigenvalue weighted by Crippen LogP contribution is -1.96. The molecule has 2 aromatic carbocycles. The van der Waals surface area contributed by atoms with Gasteiger partial charge in [-0.3, -0.25) is 0 Å². The first-order valence-electron chi connectivity index (χ1n) is 7.80. The summed E-state index contributed by atoms with van der Waals surface area (Å²) in [4.78, 5) is 1.21. The molecule has 0 aliphatic rings. The maximum absolute atomic E-state index is 5.55. The van der Waals surface area contributed by atoms with Crippen LogP contribution < -0.4 is 4.74 Å². The topological polar surface area (TPSA) is 55.2 Å². The standard InChI is InChI=1S/C18H18N4OS2/c1-3-23-15-6-4-5-14(11-15)17-20-21-18(24)22(17)19-12-13-7-9-16(25-2)10-8-13/h4-12H,3H2,1-2H3,(H,21,24). The lowest BCUT2D eigenvalue weighted by Gasteiger charge is -2.05. The minimum Gasteiger partial charge on any atom is -0.494 e. The van der Waals surface area contributed by atoms with Crippen molar-refractivity contribution in [3.63, 3.8) is 0 Å². The summed E-state index contributed by atoms with van der Waals surface area (Å²) in [7, 11) is 0. The van der Waals surface area contributed by atoms with Crippen LogP contribution in [0.4, 0.5) is 0 Å². The molecule has 3 aromatic rings. The summed E-state index contributed by atoms with van der Waals surface area (Å²) in [5.74, 6) is 1.43. The third kappa shape index (κ3) is 4.18. The number of ether oxygens (including phenoxy) is 1. The maximum atomic E-state index is 5.55. The number of aromatic amines is 1. The summed E-state index contributed by atoms with van der Waals surface area (Å²) in [6.07, 6.45) is 3.82. The molecule has 0 bridgehead atoms. The fourth-order valence-electron chi connectivity index (χ4n) is 2.29. The zero-order valence-corrected chi connectivity index (χ0v) is 15.6. The van der Waals surface area contributed by atoms with Crippen LogP contribution in [0.3, 0.4) is 0 Å². The number of hydrogen-bond acceptors (Lipinski definition) is 5. The molecule has 0 aliphatic heterocycles. The largest absolute Gasteiger partial charge is 0.494 e. The molecule has 1 heterocycles. The first-order valence-corrected chi connectivity index (χ1v) is 9.43. The zero-order valence-electron chi connectivity index (χ0n) is 14.0. The van der Waals surface area contributed by atoms with Crippen molar-refractivity contribution < 1.29 is 4.74 Å². The highest BCUT2D eigenvalue weighted by Crippen LogP contribution is 2.22. The van der Waals surface area contributed by atoms with E-state index >= 15 is 0 Å². The highest BCUT2D eigenvalue weighted by molar-refractivity contribution is 7.98. The SMILES string of the molecule is CCOc1cccc(-c2n[nH]c(=S)n2N=Cc2ccc(SC)cc2)c1. The van der Waals surface area contributed by atoms with Gasteiger partial charge in [0.15, 0.2) is 5.82 Å². The van der Waals surface area contributed by atoms with Crippen LogP contribution in [-0.2, 0) is 0 Å². The Morgan fingerprint density at radius 2 is 2.08 bits per heavy atom. The van der Waals surface area contributed by atoms with Gasteiger partial charge in [-0.25, -0.2) is 5.10 Å². The molecule has 0 atom stereocenters. The molecule has 0 unspecified atom stereocenters. The maximum Gasteiger partial charge on any atom is 0.216 e. The molecule has 3 rings (SSSR count). The number of hydrogen-bond donors (Lipinski definition) is 1. The molecule has 0 aliphatic carbocycles. The van der Waals surface area contributed by atoms with Gasteiger partial charge in [0.2, 0.25) is 4.77 Å². The summed E-state index contributed by atoms with van der Waals surface area (Å²) in [5.41, 5.74) is 1.88. The summed E-state index contributed by atoms with van der Waals surface area (Å²) < 4.78 is 7.60. The van der Waals surface area contributed by atoms with Gasteiger partial charge in [0.25, 0.3) is 0 Å². The molecule has 1 aromatic heterocycles. The smallest absolute Gasteiger partial charge is 0.216 e. The second-order valence-electron chi connectivity index (χ2n) is 5.14. The van der Waals surface area contributed by atoms with E-state index in [0.717, 1.165) is 16.9 Å². The first kappa shape index (κ1) is 17.4. The molecular formula is C18H18N4OS2. The van der Waals surface area contributed by atoms with Gasteiger partial charge < -0.3 is 4.74 Å². The van der Waals surface area contributed by atoms with E-state index in [1.807, 2.05) is 43.3 Å². The van der Waals surface area contributed by atoms with Crippen LogP contribution >= 0.6 is 24.0 Å². The van der Waals surface area contributed by atoms with Crippen molar-refractivity contribution in [2.24, 2.45) is 5.10 Å². The Bertz CT molecular complexity index is 929. The van der Waals surface area contributed by atoms with Crippen molar-refractivity contribution >= 4 is 30.2 Å². The molecule has 128 valence electrons. The highest BCUT2D eigenvalue weighted by Gasteiger charge is 2.09. The van der Waals surface area contributed by atoms with E-state index in [0.29, 0.717) is 17.2 Å². The van der Waals surface area contributed by atoms with Crippen LogP contribution in [0.1, 0.15) is 12.5 Å². The van der Waals surface area contributed by atoms with Gasteiger partial charge >= 0.3 is 0 Å². The monoisotopic (exact) mass is 370 g/mol.